The van der Waals surface area contributed by atoms with Crippen LogP contribution >= 0.6 is 11.3 Å². The molecule has 1 N–H and O–H groups in total. The molecule has 0 bridgehead atoms. The third kappa shape index (κ3) is 4.17. The van der Waals surface area contributed by atoms with Gasteiger partial charge < -0.3 is 0 Å². The summed E-state index contributed by atoms with van der Waals surface area (Å²) < 4.78 is 37.3. The van der Waals surface area contributed by atoms with Gasteiger partial charge in [-0.2, -0.15) is 5.26 Å². The van der Waals surface area contributed by atoms with Crippen LogP contribution in [0, 0.1) is 11.3 Å². The number of nitriles is 1. The Balaban J connectivity index is 2.61. The molecule has 0 radical (unpaired) electrons. The molecule has 0 aromatic carbocycles. The van der Waals surface area contributed by atoms with Crippen molar-refractivity contribution in [2.24, 2.45) is 0 Å². The van der Waals surface area contributed by atoms with E-state index in [4.69, 9.17) is 5.26 Å². The molecule has 1 heterocycles. The summed E-state index contributed by atoms with van der Waals surface area (Å²) in [4.78, 5) is 0.360. The molecule has 0 amide bonds. The lowest BCUT2D eigenvalue weighted by Crippen LogP contribution is -2.27. The van der Waals surface area contributed by atoms with E-state index in [0.29, 0.717) is 11.3 Å². The van der Waals surface area contributed by atoms with Crippen LogP contribution in [0.5, 0.6) is 0 Å². The normalized spacial score (nSPS) is 14.9. The van der Waals surface area contributed by atoms with E-state index in [-0.39, 0.29) is 16.0 Å². The van der Waals surface area contributed by atoms with E-state index in [2.05, 4.69) is 4.72 Å². The second kappa shape index (κ2) is 6.43. The minimum absolute atomic E-state index is 0.0503. The van der Waals surface area contributed by atoms with Crippen molar-refractivity contribution < 1.29 is 12.6 Å². The largest absolute Gasteiger partial charge is 0.260 e. The van der Waals surface area contributed by atoms with Crippen LogP contribution in [0.3, 0.4) is 0 Å². The molecule has 8 heteroatoms. The number of nitrogens with one attached hydrogen (secondary N) is 1. The first-order chi connectivity index (χ1) is 8.36. The zero-order chi connectivity index (χ0) is 13.8. The summed E-state index contributed by atoms with van der Waals surface area (Å²) >= 11 is 0.933. The highest BCUT2D eigenvalue weighted by Crippen LogP contribution is 2.20. The van der Waals surface area contributed by atoms with Crippen LogP contribution in [-0.4, -0.2) is 30.7 Å². The van der Waals surface area contributed by atoms with Gasteiger partial charge in [0.2, 0.25) is 10.0 Å². The molecule has 0 spiro atoms. The topological polar surface area (TPSA) is 87.0 Å². The predicted molar refractivity (Wildman–Crippen MR) is 72.4 cm³/mol. The third-order valence-electron chi connectivity index (χ3n) is 2.37. The van der Waals surface area contributed by atoms with Crippen LogP contribution in [0.4, 0.5) is 0 Å². The first-order valence-electron chi connectivity index (χ1n) is 5.18. The molecule has 0 fully saturated rings. The summed E-state index contributed by atoms with van der Waals surface area (Å²) in [6, 6.07) is 4.78. The summed E-state index contributed by atoms with van der Waals surface area (Å²) in [7, 11) is -4.51. The van der Waals surface area contributed by atoms with Gasteiger partial charge in [0.15, 0.2) is 0 Å². The molecule has 18 heavy (non-hydrogen) atoms. The van der Waals surface area contributed by atoms with E-state index in [1.165, 1.54) is 12.1 Å². The van der Waals surface area contributed by atoms with E-state index < -0.39 is 20.8 Å². The third-order valence-corrected chi connectivity index (χ3v) is 6.68. The number of nitrogens with zero attached hydrogens (tertiary/aromatic N) is 1. The maximum atomic E-state index is 11.8. The van der Waals surface area contributed by atoms with Crippen molar-refractivity contribution in [3.05, 3.63) is 17.0 Å². The maximum Gasteiger partial charge on any atom is 0.250 e. The van der Waals surface area contributed by atoms with Crippen LogP contribution in [0.15, 0.2) is 16.3 Å². The van der Waals surface area contributed by atoms with Crippen molar-refractivity contribution in [3.8, 4) is 6.07 Å². The van der Waals surface area contributed by atoms with E-state index in [1.807, 2.05) is 13.0 Å². The van der Waals surface area contributed by atoms with Gasteiger partial charge in [0.1, 0.15) is 15.2 Å². The Labute approximate surface area is 113 Å². The van der Waals surface area contributed by atoms with Gasteiger partial charge in [0.25, 0.3) is 0 Å². The average molecular weight is 306 g/mol. The van der Waals surface area contributed by atoms with Crippen molar-refractivity contribution in [3.63, 3.8) is 0 Å². The average Bonchev–Trinajstić information content (AvgIpc) is 2.77. The van der Waals surface area contributed by atoms with E-state index in [9.17, 15) is 12.6 Å². The van der Waals surface area contributed by atoms with Gasteiger partial charge in [-0.15, -0.1) is 11.3 Å². The second-order valence-electron chi connectivity index (χ2n) is 3.73. The van der Waals surface area contributed by atoms with Crippen LogP contribution in [-0.2, 0) is 20.8 Å². The summed E-state index contributed by atoms with van der Waals surface area (Å²) in [5.41, 5.74) is 0. The number of rotatable bonds is 6. The zero-order valence-electron chi connectivity index (χ0n) is 10.0. The summed E-state index contributed by atoms with van der Waals surface area (Å²) in [6.45, 7) is 2.05. The Morgan fingerprint density at radius 3 is 2.72 bits per heavy atom. The monoisotopic (exact) mass is 306 g/mol. The molecule has 0 aliphatic heterocycles. The van der Waals surface area contributed by atoms with Crippen LogP contribution in [0.2, 0.25) is 0 Å². The fourth-order valence-electron chi connectivity index (χ4n) is 1.16. The fraction of sp³-hybridized carbons (Fsp3) is 0.500. The highest BCUT2D eigenvalue weighted by molar-refractivity contribution is 7.91. The second-order valence-corrected chi connectivity index (χ2v) is 8.61. The standard InChI is InChI=1S/C10H14N2O3S3/c1-8(17(2)13)5-6-12-18(14,15)10-4-3-9(7-11)16-10/h3-4,8,12H,5-6H2,1-2H3. The summed E-state index contributed by atoms with van der Waals surface area (Å²) in [5.74, 6) is 0. The van der Waals surface area contributed by atoms with Gasteiger partial charge in [-0.05, 0) is 18.6 Å². The molecule has 0 aliphatic rings. The van der Waals surface area contributed by atoms with Crippen molar-refractivity contribution in [2.45, 2.75) is 22.8 Å². The quantitative estimate of drug-likeness (QED) is 0.851. The molecule has 100 valence electrons. The zero-order valence-corrected chi connectivity index (χ0v) is 12.5. The van der Waals surface area contributed by atoms with E-state index >= 15 is 0 Å². The number of sulfonamides is 1. The van der Waals surface area contributed by atoms with E-state index in [1.54, 1.807) is 6.26 Å². The van der Waals surface area contributed by atoms with Crippen molar-refractivity contribution in [1.29, 1.82) is 5.26 Å². The van der Waals surface area contributed by atoms with Crippen molar-refractivity contribution in [1.82, 2.24) is 4.72 Å². The molecule has 1 rings (SSSR count). The van der Waals surface area contributed by atoms with Crippen LogP contribution in [0.25, 0.3) is 0 Å². The Hall–Kier alpha value is -0.750. The smallest absolute Gasteiger partial charge is 0.250 e. The lowest BCUT2D eigenvalue weighted by molar-refractivity contribution is 0.580. The fourth-order valence-corrected chi connectivity index (χ4v) is 3.80. The number of hydrogen-bond donors (Lipinski definition) is 1. The lowest BCUT2D eigenvalue weighted by Gasteiger charge is -2.08. The Morgan fingerprint density at radius 2 is 2.22 bits per heavy atom. The molecule has 0 aliphatic carbocycles. The first kappa shape index (κ1) is 15.3. The Bertz CT molecular complexity index is 571. The number of hydrogen-bond acceptors (Lipinski definition) is 5. The van der Waals surface area contributed by atoms with E-state index in [0.717, 1.165) is 11.3 Å². The van der Waals surface area contributed by atoms with Gasteiger partial charge >= 0.3 is 0 Å². The lowest BCUT2D eigenvalue weighted by atomic mass is 10.3. The van der Waals surface area contributed by atoms with Crippen molar-refractivity contribution in [2.75, 3.05) is 12.8 Å². The number of thiophene rings is 1. The molecule has 0 saturated carbocycles. The summed E-state index contributed by atoms with van der Waals surface area (Å²) in [5, 5.41) is 8.59. The minimum Gasteiger partial charge on any atom is -0.260 e. The van der Waals surface area contributed by atoms with Gasteiger partial charge in [0.05, 0.1) is 0 Å². The maximum absolute atomic E-state index is 11.8. The van der Waals surface area contributed by atoms with Gasteiger partial charge in [0, 0.05) is 28.9 Å². The highest BCUT2D eigenvalue weighted by atomic mass is 32.2. The Kier molecular flexibility index (Phi) is 5.47. The van der Waals surface area contributed by atoms with Crippen LogP contribution in [0.1, 0.15) is 18.2 Å². The molecular formula is C10H14N2O3S3. The van der Waals surface area contributed by atoms with Crippen molar-refractivity contribution >= 4 is 32.2 Å². The predicted octanol–water partition coefficient (Wildman–Crippen LogP) is 1.06. The van der Waals surface area contributed by atoms with Gasteiger partial charge in [-0.3, -0.25) is 4.21 Å². The molecular weight excluding hydrogens is 292 g/mol. The molecule has 1 aromatic rings. The SMILES string of the molecule is CC(CCNS(=O)(=O)c1ccc(C#N)s1)S(C)=O. The summed E-state index contributed by atoms with van der Waals surface area (Å²) in [6.07, 6.45) is 2.11. The molecule has 2 unspecified atom stereocenters. The molecule has 5 nitrogen and oxygen atoms in total. The van der Waals surface area contributed by atoms with Gasteiger partial charge in [-0.1, -0.05) is 6.92 Å². The Morgan fingerprint density at radius 1 is 1.56 bits per heavy atom. The highest BCUT2D eigenvalue weighted by Gasteiger charge is 2.17. The minimum atomic E-state index is -3.55. The van der Waals surface area contributed by atoms with Crippen LogP contribution < -0.4 is 4.72 Å². The molecule has 2 atom stereocenters. The molecule has 1 aromatic heterocycles. The molecule has 0 saturated heterocycles. The van der Waals surface area contributed by atoms with Gasteiger partial charge in [-0.25, -0.2) is 13.1 Å². The first-order valence-corrected chi connectivity index (χ1v) is 9.10.